The molecule has 2 rings (SSSR count). The van der Waals surface area contributed by atoms with Crippen LogP contribution in [-0.2, 0) is 4.84 Å². The molecule has 0 spiro atoms. The van der Waals surface area contributed by atoms with Crippen molar-refractivity contribution in [1.82, 2.24) is 0 Å². The van der Waals surface area contributed by atoms with Crippen molar-refractivity contribution >= 4 is 17.3 Å². The third-order valence-corrected chi connectivity index (χ3v) is 2.35. The number of nitrogens with zero attached hydrogens (tertiary/aromatic N) is 1. The number of anilines is 1. The van der Waals surface area contributed by atoms with E-state index in [1.165, 1.54) is 24.3 Å². The van der Waals surface area contributed by atoms with E-state index in [-0.39, 0.29) is 5.69 Å². The first kappa shape index (κ1) is 12.6. The highest BCUT2D eigenvalue weighted by Gasteiger charge is 2.07. The minimum atomic E-state index is -0.529. The third kappa shape index (κ3) is 3.29. The molecule has 0 unspecified atom stereocenters. The zero-order chi connectivity index (χ0) is 13.7. The Hall–Kier alpha value is -2.89. The summed E-state index contributed by atoms with van der Waals surface area (Å²) in [6.07, 6.45) is 0. The van der Waals surface area contributed by atoms with Crippen molar-refractivity contribution in [1.29, 1.82) is 0 Å². The van der Waals surface area contributed by atoms with Gasteiger partial charge in [-0.1, -0.05) is 18.2 Å². The number of nitro benzene ring substituents is 1. The Morgan fingerprint density at radius 1 is 1.05 bits per heavy atom. The average molecular weight is 258 g/mol. The Kier molecular flexibility index (Phi) is 3.72. The number of benzene rings is 2. The standard InChI is InChI=1S/C13H10N2O4/c16-13(10-4-2-1-3-5-10)19-14-11-6-8-12(9-7-11)15(17)18/h1-9,14H. The van der Waals surface area contributed by atoms with E-state index >= 15 is 0 Å². The summed E-state index contributed by atoms with van der Waals surface area (Å²) in [5, 5.41) is 10.5. The summed E-state index contributed by atoms with van der Waals surface area (Å²) in [5.74, 6) is -0.529. The Morgan fingerprint density at radius 3 is 2.26 bits per heavy atom. The third-order valence-electron chi connectivity index (χ3n) is 2.35. The zero-order valence-electron chi connectivity index (χ0n) is 9.78. The maximum Gasteiger partial charge on any atom is 0.362 e. The van der Waals surface area contributed by atoms with E-state index in [1.807, 2.05) is 0 Å². The number of hydrogen-bond acceptors (Lipinski definition) is 5. The van der Waals surface area contributed by atoms with Gasteiger partial charge in [-0.15, -0.1) is 0 Å². The number of hydrogen-bond donors (Lipinski definition) is 1. The molecule has 0 radical (unpaired) electrons. The van der Waals surface area contributed by atoms with Gasteiger partial charge in [0.15, 0.2) is 0 Å². The van der Waals surface area contributed by atoms with Crippen LogP contribution in [0.1, 0.15) is 10.4 Å². The summed E-state index contributed by atoms with van der Waals surface area (Å²) in [4.78, 5) is 26.4. The summed E-state index contributed by atoms with van der Waals surface area (Å²) in [5.41, 5.74) is 3.28. The van der Waals surface area contributed by atoms with E-state index in [1.54, 1.807) is 30.3 Å². The lowest BCUT2D eigenvalue weighted by Crippen LogP contribution is -2.10. The molecule has 6 nitrogen and oxygen atoms in total. The average Bonchev–Trinajstić information content (AvgIpc) is 2.46. The van der Waals surface area contributed by atoms with Crippen LogP contribution in [0.4, 0.5) is 11.4 Å². The summed E-state index contributed by atoms with van der Waals surface area (Å²) < 4.78 is 0. The second kappa shape index (κ2) is 5.63. The van der Waals surface area contributed by atoms with Crippen LogP contribution in [0.15, 0.2) is 54.6 Å². The van der Waals surface area contributed by atoms with Crippen molar-refractivity contribution in [3.05, 3.63) is 70.3 Å². The van der Waals surface area contributed by atoms with Gasteiger partial charge in [0.25, 0.3) is 5.69 Å². The van der Waals surface area contributed by atoms with Gasteiger partial charge in [0.1, 0.15) is 0 Å². The van der Waals surface area contributed by atoms with Crippen molar-refractivity contribution in [3.8, 4) is 0 Å². The molecule has 2 aromatic rings. The molecule has 1 N–H and O–H groups in total. The molecule has 0 atom stereocenters. The van der Waals surface area contributed by atoms with Gasteiger partial charge in [-0.25, -0.2) is 10.3 Å². The number of nitrogens with one attached hydrogen (secondary N) is 1. The molecule has 19 heavy (non-hydrogen) atoms. The number of carbonyl (C=O) groups is 1. The van der Waals surface area contributed by atoms with E-state index < -0.39 is 10.9 Å². The monoisotopic (exact) mass is 258 g/mol. The first-order valence-corrected chi connectivity index (χ1v) is 5.43. The van der Waals surface area contributed by atoms with E-state index in [0.717, 1.165) is 0 Å². The Labute approximate surface area is 108 Å². The van der Waals surface area contributed by atoms with Gasteiger partial charge >= 0.3 is 5.97 Å². The highest BCUT2D eigenvalue weighted by atomic mass is 16.7. The van der Waals surface area contributed by atoms with Crippen LogP contribution in [0.25, 0.3) is 0 Å². The van der Waals surface area contributed by atoms with E-state index in [4.69, 9.17) is 4.84 Å². The normalized spacial score (nSPS) is 9.68. The lowest BCUT2D eigenvalue weighted by molar-refractivity contribution is -0.384. The first-order chi connectivity index (χ1) is 9.16. The molecule has 0 aliphatic rings. The maximum atomic E-state index is 11.6. The first-order valence-electron chi connectivity index (χ1n) is 5.43. The fourth-order valence-electron chi connectivity index (χ4n) is 1.39. The topological polar surface area (TPSA) is 81.5 Å². The summed E-state index contributed by atoms with van der Waals surface area (Å²) in [6, 6.07) is 14.0. The predicted octanol–water partition coefficient (Wildman–Crippen LogP) is 2.78. The van der Waals surface area contributed by atoms with Gasteiger partial charge in [0.05, 0.1) is 16.2 Å². The minimum absolute atomic E-state index is 0.0278. The fraction of sp³-hybridized carbons (Fsp3) is 0. The molecule has 0 aromatic heterocycles. The highest BCUT2D eigenvalue weighted by Crippen LogP contribution is 2.15. The summed E-state index contributed by atoms with van der Waals surface area (Å²) in [6.45, 7) is 0. The fourth-order valence-corrected chi connectivity index (χ4v) is 1.39. The smallest absolute Gasteiger partial charge is 0.338 e. The lowest BCUT2D eigenvalue weighted by atomic mass is 10.2. The SMILES string of the molecule is O=C(ONc1ccc([N+](=O)[O-])cc1)c1ccccc1. The summed E-state index contributed by atoms with van der Waals surface area (Å²) >= 11 is 0. The van der Waals surface area contributed by atoms with Crippen molar-refractivity contribution in [2.24, 2.45) is 0 Å². The van der Waals surface area contributed by atoms with Crippen molar-refractivity contribution in [2.75, 3.05) is 5.48 Å². The van der Waals surface area contributed by atoms with Crippen LogP contribution in [-0.4, -0.2) is 10.9 Å². The van der Waals surface area contributed by atoms with Gasteiger partial charge in [-0.05, 0) is 24.3 Å². The molecule has 0 aliphatic heterocycles. The second-order valence-electron chi connectivity index (χ2n) is 3.66. The number of rotatable bonds is 4. The molecule has 0 bridgehead atoms. The number of nitro groups is 1. The van der Waals surface area contributed by atoms with Gasteiger partial charge in [0, 0.05) is 12.1 Å². The molecule has 6 heteroatoms. The Morgan fingerprint density at radius 2 is 1.68 bits per heavy atom. The molecule has 0 saturated heterocycles. The van der Waals surface area contributed by atoms with E-state index in [2.05, 4.69) is 5.48 Å². The molecule has 0 fully saturated rings. The molecule has 2 aromatic carbocycles. The summed E-state index contributed by atoms with van der Waals surface area (Å²) in [7, 11) is 0. The van der Waals surface area contributed by atoms with E-state index in [0.29, 0.717) is 11.3 Å². The molecule has 0 heterocycles. The lowest BCUT2D eigenvalue weighted by Gasteiger charge is -2.06. The number of carbonyl (C=O) groups excluding carboxylic acids is 1. The largest absolute Gasteiger partial charge is 0.362 e. The molecular formula is C13H10N2O4. The molecule has 0 amide bonds. The second-order valence-corrected chi connectivity index (χ2v) is 3.66. The van der Waals surface area contributed by atoms with Gasteiger partial charge in [0.2, 0.25) is 0 Å². The quantitative estimate of drug-likeness (QED) is 0.673. The van der Waals surface area contributed by atoms with Gasteiger partial charge < -0.3 is 4.84 Å². The van der Waals surface area contributed by atoms with Crippen LogP contribution < -0.4 is 5.48 Å². The minimum Gasteiger partial charge on any atom is -0.338 e. The van der Waals surface area contributed by atoms with Crippen molar-refractivity contribution < 1.29 is 14.6 Å². The van der Waals surface area contributed by atoms with Crippen LogP contribution >= 0.6 is 0 Å². The van der Waals surface area contributed by atoms with Gasteiger partial charge in [-0.3, -0.25) is 10.1 Å². The molecule has 0 aliphatic carbocycles. The zero-order valence-corrected chi connectivity index (χ0v) is 9.78. The van der Waals surface area contributed by atoms with Crippen molar-refractivity contribution in [3.63, 3.8) is 0 Å². The molecule has 0 saturated carbocycles. The Bertz CT molecular complexity index is 581. The Balaban J connectivity index is 1.95. The van der Waals surface area contributed by atoms with Crippen LogP contribution in [0.5, 0.6) is 0 Å². The van der Waals surface area contributed by atoms with Crippen LogP contribution in [0.2, 0.25) is 0 Å². The molecular weight excluding hydrogens is 248 g/mol. The van der Waals surface area contributed by atoms with Crippen molar-refractivity contribution in [2.45, 2.75) is 0 Å². The predicted molar refractivity (Wildman–Crippen MR) is 68.6 cm³/mol. The highest BCUT2D eigenvalue weighted by molar-refractivity contribution is 5.89. The van der Waals surface area contributed by atoms with Crippen LogP contribution in [0, 0.1) is 10.1 Å². The molecule has 96 valence electrons. The number of non-ortho nitro benzene ring substituents is 1. The van der Waals surface area contributed by atoms with E-state index in [9.17, 15) is 14.9 Å². The van der Waals surface area contributed by atoms with Crippen LogP contribution in [0.3, 0.4) is 0 Å². The van der Waals surface area contributed by atoms with Gasteiger partial charge in [-0.2, -0.15) is 0 Å². The maximum absolute atomic E-state index is 11.6.